The lowest BCUT2D eigenvalue weighted by molar-refractivity contribution is 0.822. The van der Waals surface area contributed by atoms with E-state index in [1.165, 1.54) is 24.0 Å². The van der Waals surface area contributed by atoms with Gasteiger partial charge >= 0.3 is 0 Å². The van der Waals surface area contributed by atoms with E-state index in [2.05, 4.69) is 30.3 Å². The molecule has 0 radical (unpaired) electrons. The molecular formula is C13H17N. The Bertz CT molecular complexity index is 339. The van der Waals surface area contributed by atoms with Crippen molar-refractivity contribution in [2.24, 2.45) is 5.73 Å². The summed E-state index contributed by atoms with van der Waals surface area (Å²) in [6.07, 6.45) is 6.90. The predicted octanol–water partition coefficient (Wildman–Crippen LogP) is 2.45. The average Bonchev–Trinajstić information content (AvgIpc) is 2.26. The van der Waals surface area contributed by atoms with Gasteiger partial charge in [0.2, 0.25) is 0 Å². The van der Waals surface area contributed by atoms with Crippen LogP contribution in [0.3, 0.4) is 0 Å². The number of hydrogen-bond donors (Lipinski definition) is 1. The monoisotopic (exact) mass is 187 g/mol. The fourth-order valence-electron chi connectivity index (χ4n) is 2.06. The largest absolute Gasteiger partial charge is 0.330 e. The maximum atomic E-state index is 5.50. The molecule has 1 heteroatoms. The van der Waals surface area contributed by atoms with E-state index in [4.69, 9.17) is 5.73 Å². The number of rotatable bonds is 2. The molecule has 1 aliphatic rings. The standard InChI is InChI=1S/C13H17N/c14-9-3-4-11-7-8-12-5-1-2-6-13(12)10-11/h1-2,4-6H,3,7-10,14H2. The van der Waals surface area contributed by atoms with E-state index in [-0.39, 0.29) is 0 Å². The molecule has 0 saturated carbocycles. The maximum Gasteiger partial charge on any atom is -0.00425 e. The van der Waals surface area contributed by atoms with Crippen LogP contribution in [0.15, 0.2) is 35.9 Å². The molecule has 0 atom stereocenters. The Kier molecular flexibility index (Phi) is 3.00. The Labute approximate surface area is 85.6 Å². The van der Waals surface area contributed by atoms with Crippen LogP contribution in [0, 0.1) is 0 Å². The van der Waals surface area contributed by atoms with Gasteiger partial charge in [0.15, 0.2) is 0 Å². The first kappa shape index (κ1) is 9.47. The molecule has 1 aromatic carbocycles. The van der Waals surface area contributed by atoms with E-state index in [1.807, 2.05) is 0 Å². The Hall–Kier alpha value is -1.08. The lowest BCUT2D eigenvalue weighted by atomic mass is 9.88. The van der Waals surface area contributed by atoms with E-state index in [9.17, 15) is 0 Å². The molecule has 0 saturated heterocycles. The summed E-state index contributed by atoms with van der Waals surface area (Å²) < 4.78 is 0. The highest BCUT2D eigenvalue weighted by Crippen LogP contribution is 2.24. The lowest BCUT2D eigenvalue weighted by Crippen LogP contribution is -2.06. The first-order chi connectivity index (χ1) is 6.90. The van der Waals surface area contributed by atoms with Gasteiger partial charge in [-0.2, -0.15) is 0 Å². The number of fused-ring (bicyclic) bond motifs is 1. The zero-order chi connectivity index (χ0) is 9.80. The molecule has 74 valence electrons. The highest BCUT2D eigenvalue weighted by atomic mass is 14.5. The van der Waals surface area contributed by atoms with Crippen molar-refractivity contribution in [3.05, 3.63) is 47.0 Å². The van der Waals surface area contributed by atoms with E-state index in [0.29, 0.717) is 0 Å². The van der Waals surface area contributed by atoms with Gasteiger partial charge in [0.05, 0.1) is 0 Å². The van der Waals surface area contributed by atoms with E-state index in [0.717, 1.165) is 19.4 Å². The van der Waals surface area contributed by atoms with Gasteiger partial charge in [0, 0.05) is 0 Å². The first-order valence-corrected chi connectivity index (χ1v) is 5.35. The van der Waals surface area contributed by atoms with Crippen LogP contribution in [0.5, 0.6) is 0 Å². The van der Waals surface area contributed by atoms with Crippen molar-refractivity contribution in [3.63, 3.8) is 0 Å². The van der Waals surface area contributed by atoms with Crippen LogP contribution >= 0.6 is 0 Å². The normalized spacial score (nSPS) is 18.2. The minimum absolute atomic E-state index is 0.769. The summed E-state index contributed by atoms with van der Waals surface area (Å²) in [7, 11) is 0. The minimum Gasteiger partial charge on any atom is -0.330 e. The third kappa shape index (κ3) is 2.05. The van der Waals surface area contributed by atoms with Gasteiger partial charge in [-0.1, -0.05) is 35.9 Å². The second-order valence-corrected chi connectivity index (χ2v) is 3.89. The SMILES string of the molecule is NCCC=C1CCc2ccccc2C1. The molecule has 0 unspecified atom stereocenters. The van der Waals surface area contributed by atoms with Crippen LogP contribution < -0.4 is 5.73 Å². The molecule has 0 amide bonds. The van der Waals surface area contributed by atoms with E-state index in [1.54, 1.807) is 5.57 Å². The molecule has 0 aromatic heterocycles. The molecule has 0 heterocycles. The zero-order valence-corrected chi connectivity index (χ0v) is 8.50. The third-order valence-corrected chi connectivity index (χ3v) is 2.85. The van der Waals surface area contributed by atoms with Gasteiger partial charge in [-0.25, -0.2) is 0 Å². The van der Waals surface area contributed by atoms with Crippen molar-refractivity contribution in [1.82, 2.24) is 0 Å². The molecule has 0 aliphatic heterocycles. The molecule has 2 rings (SSSR count). The Morgan fingerprint density at radius 1 is 1.14 bits per heavy atom. The van der Waals surface area contributed by atoms with Crippen molar-refractivity contribution in [2.45, 2.75) is 25.7 Å². The summed E-state index contributed by atoms with van der Waals surface area (Å²) >= 11 is 0. The highest BCUT2D eigenvalue weighted by molar-refractivity contribution is 5.35. The maximum absolute atomic E-state index is 5.50. The summed E-state index contributed by atoms with van der Waals surface area (Å²) in [5.41, 5.74) is 10.1. The Morgan fingerprint density at radius 2 is 1.93 bits per heavy atom. The number of nitrogens with two attached hydrogens (primary N) is 1. The second kappa shape index (κ2) is 4.43. The molecule has 0 fully saturated rings. The number of aryl methyl sites for hydroxylation is 1. The summed E-state index contributed by atoms with van der Waals surface area (Å²) in [5.74, 6) is 0. The molecule has 2 N–H and O–H groups in total. The number of benzene rings is 1. The summed E-state index contributed by atoms with van der Waals surface area (Å²) in [5, 5.41) is 0. The average molecular weight is 187 g/mol. The fourth-order valence-corrected chi connectivity index (χ4v) is 2.06. The van der Waals surface area contributed by atoms with Gasteiger partial charge in [-0.05, 0) is 43.4 Å². The fraction of sp³-hybridized carbons (Fsp3) is 0.385. The van der Waals surface area contributed by atoms with Crippen molar-refractivity contribution >= 4 is 0 Å². The Balaban J connectivity index is 2.13. The van der Waals surface area contributed by atoms with Gasteiger partial charge in [-0.15, -0.1) is 0 Å². The van der Waals surface area contributed by atoms with Gasteiger partial charge in [0.25, 0.3) is 0 Å². The van der Waals surface area contributed by atoms with Crippen LogP contribution in [-0.4, -0.2) is 6.54 Å². The predicted molar refractivity (Wildman–Crippen MR) is 60.2 cm³/mol. The first-order valence-electron chi connectivity index (χ1n) is 5.35. The summed E-state index contributed by atoms with van der Waals surface area (Å²) in [4.78, 5) is 0. The van der Waals surface area contributed by atoms with E-state index >= 15 is 0 Å². The molecule has 0 bridgehead atoms. The third-order valence-electron chi connectivity index (χ3n) is 2.85. The van der Waals surface area contributed by atoms with Crippen LogP contribution in [0.25, 0.3) is 0 Å². The van der Waals surface area contributed by atoms with Gasteiger partial charge in [-0.3, -0.25) is 0 Å². The molecular weight excluding hydrogens is 170 g/mol. The van der Waals surface area contributed by atoms with Crippen molar-refractivity contribution in [2.75, 3.05) is 6.54 Å². The van der Waals surface area contributed by atoms with Gasteiger partial charge < -0.3 is 5.73 Å². The smallest absolute Gasteiger partial charge is 0.00425 e. The quantitative estimate of drug-likeness (QED) is 0.707. The highest BCUT2D eigenvalue weighted by Gasteiger charge is 2.10. The van der Waals surface area contributed by atoms with Crippen LogP contribution in [0.4, 0.5) is 0 Å². The second-order valence-electron chi connectivity index (χ2n) is 3.89. The van der Waals surface area contributed by atoms with Gasteiger partial charge in [0.1, 0.15) is 0 Å². The van der Waals surface area contributed by atoms with Crippen molar-refractivity contribution < 1.29 is 0 Å². The van der Waals surface area contributed by atoms with Crippen LogP contribution in [0.1, 0.15) is 24.0 Å². The Morgan fingerprint density at radius 3 is 2.71 bits per heavy atom. The summed E-state index contributed by atoms with van der Waals surface area (Å²) in [6.45, 7) is 0.769. The molecule has 14 heavy (non-hydrogen) atoms. The minimum atomic E-state index is 0.769. The summed E-state index contributed by atoms with van der Waals surface area (Å²) in [6, 6.07) is 8.75. The molecule has 1 aromatic rings. The van der Waals surface area contributed by atoms with Crippen LogP contribution in [-0.2, 0) is 12.8 Å². The van der Waals surface area contributed by atoms with Crippen molar-refractivity contribution in [3.8, 4) is 0 Å². The lowest BCUT2D eigenvalue weighted by Gasteiger charge is -2.18. The van der Waals surface area contributed by atoms with Crippen molar-refractivity contribution in [1.29, 1.82) is 0 Å². The van der Waals surface area contributed by atoms with E-state index < -0.39 is 0 Å². The molecule has 1 nitrogen and oxygen atoms in total. The van der Waals surface area contributed by atoms with Crippen LogP contribution in [0.2, 0.25) is 0 Å². The number of allylic oxidation sites excluding steroid dienone is 1. The molecule has 0 spiro atoms. The number of hydrogen-bond acceptors (Lipinski definition) is 1. The zero-order valence-electron chi connectivity index (χ0n) is 8.50. The molecule has 1 aliphatic carbocycles. The topological polar surface area (TPSA) is 26.0 Å².